The molecule has 0 aromatic heterocycles. The monoisotopic (exact) mass is 148 g/mol. The Labute approximate surface area is 40.5 Å². The van der Waals surface area contributed by atoms with E-state index in [1.165, 1.54) is 0 Å². The summed E-state index contributed by atoms with van der Waals surface area (Å²) in [4.78, 5) is 0. The first-order valence-electron chi connectivity index (χ1n) is 0. The topological polar surface area (TPSA) is 0 Å². The summed E-state index contributed by atoms with van der Waals surface area (Å²) in [6, 6.07) is 0. The summed E-state index contributed by atoms with van der Waals surface area (Å²) in [6.45, 7) is 0. The third-order valence-corrected chi connectivity index (χ3v) is 0. The molecule has 0 aliphatic heterocycles. The maximum atomic E-state index is 0. The van der Waals surface area contributed by atoms with Crippen LogP contribution in [0.5, 0.6) is 0 Å². The molecule has 7 heavy (non-hydrogen) atoms. The van der Waals surface area contributed by atoms with Crippen LogP contribution < -0.4 is 0 Å². The van der Waals surface area contributed by atoms with Gasteiger partial charge < -0.3 is 0 Å². The van der Waals surface area contributed by atoms with E-state index in [9.17, 15) is 0 Å². The molecular formula is H6F6Si. The summed E-state index contributed by atoms with van der Waals surface area (Å²) in [5.74, 6) is 0. The molecule has 0 fully saturated rings. The smallest absolute Gasteiger partial charge is 0 e. The minimum atomic E-state index is 0. The molecule has 0 atom stereocenters. The standard InChI is InChI=1S/6FH.Si/h6*1H;. The molecule has 4 radical (unpaired) electrons. The summed E-state index contributed by atoms with van der Waals surface area (Å²) < 4.78 is 0. The van der Waals surface area contributed by atoms with E-state index in [0.717, 1.165) is 0 Å². The molecule has 0 aliphatic carbocycles. The molecule has 0 saturated heterocycles. The predicted octanol–water partition coefficient (Wildman–Crippen LogP) is 0.534. The first-order chi connectivity index (χ1) is 0. The van der Waals surface area contributed by atoms with Gasteiger partial charge >= 0.3 is 0 Å². The summed E-state index contributed by atoms with van der Waals surface area (Å²) in [7, 11) is 0. The molecule has 0 nitrogen and oxygen atoms in total. The van der Waals surface area contributed by atoms with Gasteiger partial charge in [-0.05, 0) is 0 Å². The van der Waals surface area contributed by atoms with Crippen LogP contribution in [-0.4, -0.2) is 11.0 Å². The van der Waals surface area contributed by atoms with Crippen LogP contribution in [0.1, 0.15) is 0 Å². The van der Waals surface area contributed by atoms with Gasteiger partial charge in [0.25, 0.3) is 0 Å². The second kappa shape index (κ2) is 3230. The van der Waals surface area contributed by atoms with Crippen LogP contribution in [0.3, 0.4) is 0 Å². The van der Waals surface area contributed by atoms with Gasteiger partial charge in [-0.2, -0.15) is 0 Å². The summed E-state index contributed by atoms with van der Waals surface area (Å²) in [5.41, 5.74) is 0. The zero-order chi connectivity index (χ0) is 0. The van der Waals surface area contributed by atoms with Gasteiger partial charge in [-0.25, -0.2) is 0 Å². The van der Waals surface area contributed by atoms with E-state index in [0.29, 0.717) is 0 Å². The maximum absolute atomic E-state index is 0. The van der Waals surface area contributed by atoms with Gasteiger partial charge in [-0.15, -0.1) is 0 Å². The molecule has 0 amide bonds. The molecule has 0 saturated carbocycles. The quantitative estimate of drug-likeness (QED) is 0.347. The molecule has 0 aliphatic rings. The van der Waals surface area contributed by atoms with E-state index in [1.807, 2.05) is 0 Å². The Morgan fingerprint density at radius 2 is 0.286 bits per heavy atom. The third-order valence-electron chi connectivity index (χ3n) is 0. The number of hydrogen-bond donors (Lipinski definition) is 0. The van der Waals surface area contributed by atoms with Gasteiger partial charge in [0.2, 0.25) is 0 Å². The lowest BCUT2D eigenvalue weighted by Crippen LogP contribution is -0.381. The molecule has 0 N–H and O–H groups in total. The van der Waals surface area contributed by atoms with Crippen molar-refractivity contribution in [2.45, 2.75) is 0 Å². The lowest BCUT2D eigenvalue weighted by Gasteiger charge is -0.270. The van der Waals surface area contributed by atoms with E-state index in [1.54, 1.807) is 0 Å². The minimum Gasteiger partial charge on any atom is -0.269 e. The average molecular weight is 148 g/mol. The highest BCUT2D eigenvalue weighted by molar-refractivity contribution is 5.75. The van der Waals surface area contributed by atoms with E-state index >= 15 is 0 Å². The Kier molecular flexibility index (Phi) is 2560000. The molecule has 7 heteroatoms. The van der Waals surface area contributed by atoms with Crippen molar-refractivity contribution in [2.24, 2.45) is 0 Å². The Morgan fingerprint density at radius 3 is 0.286 bits per heavy atom. The largest absolute Gasteiger partial charge is 0.269 e. The molecule has 0 unspecified atom stereocenters. The van der Waals surface area contributed by atoms with E-state index in [2.05, 4.69) is 0 Å². The number of halogens is 6. The van der Waals surface area contributed by atoms with Crippen molar-refractivity contribution in [2.75, 3.05) is 0 Å². The minimum absolute atomic E-state index is 0. The number of rotatable bonds is 0. The highest BCUT2D eigenvalue weighted by Crippen LogP contribution is 0.425. The summed E-state index contributed by atoms with van der Waals surface area (Å²) in [6.07, 6.45) is 0. The first kappa shape index (κ1) is 5540. The Hall–Kier alpha value is -0.203. The van der Waals surface area contributed by atoms with Crippen molar-refractivity contribution < 1.29 is 28.2 Å². The third kappa shape index (κ3) is 2030. The molecule has 0 aromatic rings. The average Bonchev–Trinajstić information content (AvgIpc) is 0. The van der Waals surface area contributed by atoms with Crippen LogP contribution in [0, 0.1) is 0 Å². The van der Waals surface area contributed by atoms with Crippen molar-refractivity contribution in [3.63, 3.8) is 0 Å². The lowest BCUT2D eigenvalue weighted by molar-refractivity contribution is 1.11. The zero-order valence-electron chi connectivity index (χ0n) is 2.95. The first-order valence-corrected chi connectivity index (χ1v) is 0. The molecule has 52 valence electrons. The summed E-state index contributed by atoms with van der Waals surface area (Å²) >= 11 is 0. The fourth-order valence-electron chi connectivity index (χ4n) is 0. The van der Waals surface area contributed by atoms with Gasteiger partial charge in [-0.1, -0.05) is 0 Å². The Balaban J connectivity index is 0. The second-order valence-electron chi connectivity index (χ2n) is 0. The lowest BCUT2D eigenvalue weighted by atomic mass is 19.0. The summed E-state index contributed by atoms with van der Waals surface area (Å²) in [5, 5.41) is 0. The van der Waals surface area contributed by atoms with E-state index in [4.69, 9.17) is 0 Å². The fourth-order valence-corrected chi connectivity index (χ4v) is 0. The normalized spacial score (nSPS) is 0. The van der Waals surface area contributed by atoms with Gasteiger partial charge in [-0.3, -0.25) is 28.2 Å². The second-order valence-corrected chi connectivity index (χ2v) is 0. The maximum Gasteiger partial charge on any atom is 0 e. The van der Waals surface area contributed by atoms with Gasteiger partial charge in [0.05, 0.1) is 0 Å². The van der Waals surface area contributed by atoms with Crippen molar-refractivity contribution in [3.05, 3.63) is 0 Å². The van der Waals surface area contributed by atoms with Crippen LogP contribution in [-0.2, 0) is 0 Å². The molecule has 0 aromatic carbocycles. The Morgan fingerprint density at radius 1 is 0.286 bits per heavy atom. The van der Waals surface area contributed by atoms with Crippen LogP contribution >= 0.6 is 0 Å². The van der Waals surface area contributed by atoms with Gasteiger partial charge in [0.15, 0.2) is 0 Å². The van der Waals surface area contributed by atoms with Crippen molar-refractivity contribution in [1.82, 2.24) is 0 Å². The SMILES string of the molecule is F.F.F.F.F.F.[Si]. The predicted molar refractivity (Wildman–Crippen MR) is 20.8 cm³/mol. The number of hydrogen-bond acceptors (Lipinski definition) is 0. The van der Waals surface area contributed by atoms with E-state index in [-0.39, 0.29) is 39.2 Å². The van der Waals surface area contributed by atoms with Crippen molar-refractivity contribution >= 4 is 11.0 Å². The highest BCUT2D eigenvalue weighted by Gasteiger charge is 0.0000227. The van der Waals surface area contributed by atoms with Crippen molar-refractivity contribution in [3.8, 4) is 0 Å². The molecule has 0 rings (SSSR count). The van der Waals surface area contributed by atoms with Crippen molar-refractivity contribution in [1.29, 1.82) is 0 Å². The fraction of sp³-hybridized carbons (Fsp3) is 0. The van der Waals surface area contributed by atoms with Crippen LogP contribution in [0.25, 0.3) is 0 Å². The van der Waals surface area contributed by atoms with Gasteiger partial charge in [0.1, 0.15) is 0 Å². The van der Waals surface area contributed by atoms with Crippen LogP contribution in [0.15, 0.2) is 0 Å². The van der Waals surface area contributed by atoms with Gasteiger partial charge in [0, 0.05) is 11.0 Å². The zero-order valence-corrected chi connectivity index (χ0v) is 3.95. The Bertz CT molecular complexity index is 4.14. The molecule has 0 bridgehead atoms. The van der Waals surface area contributed by atoms with Crippen LogP contribution in [0.2, 0.25) is 0 Å². The molecular weight excluding hydrogens is 142 g/mol. The molecule has 0 spiro atoms. The highest BCUT2D eigenvalue weighted by atomic mass is 28.1. The molecule has 0 heterocycles. The van der Waals surface area contributed by atoms with Crippen LogP contribution in [0.4, 0.5) is 28.2 Å². The van der Waals surface area contributed by atoms with E-state index < -0.39 is 0 Å².